The lowest BCUT2D eigenvalue weighted by Crippen LogP contribution is -2.25. The normalized spacial score (nSPS) is 19.1. The Morgan fingerprint density at radius 1 is 1.50 bits per heavy atom. The van der Waals surface area contributed by atoms with Crippen molar-refractivity contribution >= 4 is 5.91 Å². The van der Waals surface area contributed by atoms with Gasteiger partial charge in [0.15, 0.2) is 5.82 Å². The number of nitrogens with zero attached hydrogens (tertiary/aromatic N) is 7. The second-order valence-corrected chi connectivity index (χ2v) is 5.58. The Morgan fingerprint density at radius 3 is 3.00 bits per heavy atom. The largest absolute Gasteiger partial charge is 0.363 e. The van der Waals surface area contributed by atoms with E-state index >= 15 is 0 Å². The summed E-state index contributed by atoms with van der Waals surface area (Å²) >= 11 is 0. The molecule has 0 aliphatic carbocycles. The molecule has 0 radical (unpaired) electrons. The highest BCUT2D eigenvalue weighted by molar-refractivity contribution is 5.88. The fourth-order valence-electron chi connectivity index (χ4n) is 2.66. The van der Waals surface area contributed by atoms with Crippen LogP contribution in [0.4, 0.5) is 0 Å². The van der Waals surface area contributed by atoms with Crippen LogP contribution in [0.3, 0.4) is 0 Å². The fourth-order valence-corrected chi connectivity index (χ4v) is 2.66. The molecule has 3 rings (SSSR count). The van der Waals surface area contributed by atoms with Crippen LogP contribution in [0.15, 0.2) is 4.52 Å². The van der Waals surface area contributed by atoms with E-state index in [4.69, 9.17) is 10.3 Å². The van der Waals surface area contributed by atoms with Gasteiger partial charge in [-0.2, -0.15) is 4.98 Å². The van der Waals surface area contributed by atoms with Gasteiger partial charge in [0.2, 0.25) is 5.89 Å². The van der Waals surface area contributed by atoms with Gasteiger partial charge >= 0.3 is 0 Å². The van der Waals surface area contributed by atoms with Gasteiger partial charge in [0.1, 0.15) is 0 Å². The Morgan fingerprint density at radius 2 is 2.32 bits per heavy atom. The second-order valence-electron chi connectivity index (χ2n) is 5.58. The van der Waals surface area contributed by atoms with Crippen LogP contribution in [0.25, 0.3) is 0 Å². The van der Waals surface area contributed by atoms with E-state index in [1.807, 2.05) is 13.8 Å². The summed E-state index contributed by atoms with van der Waals surface area (Å²) in [4.78, 5) is 17.3. The molecule has 0 spiro atoms. The van der Waals surface area contributed by atoms with Crippen LogP contribution in [0.2, 0.25) is 0 Å². The molecule has 10 nitrogen and oxygen atoms in total. The summed E-state index contributed by atoms with van der Waals surface area (Å²) in [6.07, 6.45) is 1.88. The van der Waals surface area contributed by atoms with E-state index in [-0.39, 0.29) is 17.9 Å². The van der Waals surface area contributed by atoms with Crippen LogP contribution in [-0.4, -0.2) is 47.7 Å². The zero-order valence-corrected chi connectivity index (χ0v) is 12.5. The molecule has 1 amide bonds. The molecule has 0 unspecified atom stereocenters. The minimum atomic E-state index is -0.691. The van der Waals surface area contributed by atoms with Gasteiger partial charge < -0.3 is 10.3 Å². The molecule has 1 fully saturated rings. The number of aromatic nitrogens is 6. The zero-order chi connectivity index (χ0) is 15.7. The van der Waals surface area contributed by atoms with Crippen LogP contribution < -0.4 is 5.73 Å². The van der Waals surface area contributed by atoms with Gasteiger partial charge in [0.05, 0.1) is 18.6 Å². The third kappa shape index (κ3) is 2.69. The summed E-state index contributed by atoms with van der Waals surface area (Å²) < 4.78 is 6.96. The van der Waals surface area contributed by atoms with E-state index < -0.39 is 5.91 Å². The number of amides is 1. The topological polar surface area (TPSA) is 129 Å². The van der Waals surface area contributed by atoms with Crippen molar-refractivity contribution in [2.75, 3.05) is 6.54 Å². The smallest absolute Gasteiger partial charge is 0.290 e. The van der Waals surface area contributed by atoms with E-state index in [0.717, 1.165) is 25.2 Å². The highest BCUT2D eigenvalue weighted by Crippen LogP contribution is 2.31. The molecule has 1 aliphatic heterocycles. The predicted octanol–water partition coefficient (Wildman–Crippen LogP) is 0.0730. The lowest BCUT2D eigenvalue weighted by molar-refractivity contribution is 0.0987. The minimum Gasteiger partial charge on any atom is -0.363 e. The van der Waals surface area contributed by atoms with Crippen molar-refractivity contribution in [3.8, 4) is 0 Å². The fraction of sp³-hybridized carbons (Fsp3) is 0.667. The molecule has 118 valence electrons. The number of likely N-dealkylation sites (tertiary alicyclic amines) is 1. The molecule has 0 aromatic carbocycles. The molecule has 1 saturated heterocycles. The molecule has 22 heavy (non-hydrogen) atoms. The summed E-state index contributed by atoms with van der Waals surface area (Å²) in [5, 5.41) is 15.4. The first kappa shape index (κ1) is 14.6. The van der Waals surface area contributed by atoms with Crippen molar-refractivity contribution in [3.63, 3.8) is 0 Å². The molecule has 2 N–H and O–H groups in total. The van der Waals surface area contributed by atoms with Crippen LogP contribution in [0.5, 0.6) is 0 Å². The van der Waals surface area contributed by atoms with Crippen molar-refractivity contribution in [1.29, 1.82) is 0 Å². The number of carbonyl (C=O) groups is 1. The highest BCUT2D eigenvalue weighted by Gasteiger charge is 2.32. The number of carbonyl (C=O) groups excluding carboxylic acids is 1. The summed E-state index contributed by atoms with van der Waals surface area (Å²) in [6, 6.07) is 0.147. The molecule has 1 atom stereocenters. The number of hydrogen-bond donors (Lipinski definition) is 1. The third-order valence-corrected chi connectivity index (χ3v) is 3.71. The lowest BCUT2D eigenvalue weighted by atomic mass is 10.2. The maximum absolute atomic E-state index is 11.1. The number of nitrogens with two attached hydrogens (primary N) is 1. The van der Waals surface area contributed by atoms with Crippen molar-refractivity contribution in [2.24, 2.45) is 5.73 Å². The molecule has 0 saturated carbocycles. The summed E-state index contributed by atoms with van der Waals surface area (Å²) in [6.45, 7) is 5.52. The van der Waals surface area contributed by atoms with Crippen LogP contribution in [-0.2, 0) is 6.54 Å². The average molecular weight is 306 g/mol. The quantitative estimate of drug-likeness (QED) is 0.821. The van der Waals surface area contributed by atoms with Crippen LogP contribution in [0.1, 0.15) is 61.1 Å². The van der Waals surface area contributed by atoms with E-state index in [2.05, 4.69) is 30.6 Å². The van der Waals surface area contributed by atoms with Crippen LogP contribution >= 0.6 is 0 Å². The van der Waals surface area contributed by atoms with Crippen molar-refractivity contribution in [3.05, 3.63) is 17.5 Å². The predicted molar refractivity (Wildman–Crippen MR) is 73.4 cm³/mol. The number of hydrogen-bond acceptors (Lipinski definition) is 8. The Labute approximate surface area is 126 Å². The highest BCUT2D eigenvalue weighted by atomic mass is 16.5. The maximum atomic E-state index is 11.1. The summed E-state index contributed by atoms with van der Waals surface area (Å²) in [5.41, 5.74) is 5.16. The molecule has 10 heteroatoms. The van der Waals surface area contributed by atoms with Crippen LogP contribution in [0, 0.1) is 0 Å². The summed E-state index contributed by atoms with van der Waals surface area (Å²) in [7, 11) is 0. The first-order chi connectivity index (χ1) is 10.6. The zero-order valence-electron chi connectivity index (χ0n) is 12.5. The second kappa shape index (κ2) is 5.79. The van der Waals surface area contributed by atoms with Gasteiger partial charge in [0, 0.05) is 0 Å². The SMILES string of the molecule is CC(C)n1nnnc1CN1CCC[C@@H]1c1nc(C(N)=O)no1. The Kier molecular flexibility index (Phi) is 3.84. The van der Waals surface area contributed by atoms with Gasteiger partial charge in [-0.1, -0.05) is 5.16 Å². The van der Waals surface area contributed by atoms with E-state index in [1.165, 1.54) is 0 Å². The van der Waals surface area contributed by atoms with Gasteiger partial charge in [-0.3, -0.25) is 9.69 Å². The maximum Gasteiger partial charge on any atom is 0.290 e. The lowest BCUT2D eigenvalue weighted by Gasteiger charge is -2.21. The van der Waals surface area contributed by atoms with Gasteiger partial charge in [0.25, 0.3) is 11.7 Å². The first-order valence-corrected chi connectivity index (χ1v) is 7.20. The van der Waals surface area contributed by atoms with Gasteiger partial charge in [-0.25, -0.2) is 4.68 Å². The molecule has 0 bridgehead atoms. The van der Waals surface area contributed by atoms with E-state index in [0.29, 0.717) is 12.4 Å². The molecule has 1 aliphatic rings. The van der Waals surface area contributed by atoms with Crippen molar-refractivity contribution in [1.82, 2.24) is 35.2 Å². The van der Waals surface area contributed by atoms with Gasteiger partial charge in [-0.15, -0.1) is 5.10 Å². The van der Waals surface area contributed by atoms with Crippen molar-refractivity contribution < 1.29 is 9.32 Å². The average Bonchev–Trinajstić information content (AvgIpc) is 3.17. The molecular formula is C12H18N8O2. The Hall–Kier alpha value is -2.36. The Balaban J connectivity index is 1.78. The monoisotopic (exact) mass is 306 g/mol. The molecular weight excluding hydrogens is 288 g/mol. The number of tetrazole rings is 1. The van der Waals surface area contributed by atoms with E-state index in [1.54, 1.807) is 4.68 Å². The summed E-state index contributed by atoms with van der Waals surface area (Å²) in [5.74, 6) is 0.420. The van der Waals surface area contributed by atoms with Crippen molar-refractivity contribution in [2.45, 2.75) is 45.3 Å². The minimum absolute atomic E-state index is 0.0436. The number of primary amides is 1. The number of rotatable bonds is 5. The van der Waals surface area contributed by atoms with E-state index in [9.17, 15) is 4.79 Å². The first-order valence-electron chi connectivity index (χ1n) is 7.20. The molecule has 2 aromatic rings. The molecule has 3 heterocycles. The molecule has 2 aromatic heterocycles. The Bertz CT molecular complexity index is 664. The third-order valence-electron chi connectivity index (χ3n) is 3.71. The van der Waals surface area contributed by atoms with Gasteiger partial charge in [-0.05, 0) is 43.7 Å². The standard InChI is InChI=1S/C12H18N8O2/c1-7(2)20-9(15-17-18-20)6-19-5-3-4-8(19)12-14-11(10(13)21)16-22-12/h7-8H,3-6H2,1-2H3,(H2,13,21)/t8-/m1/s1.